The highest BCUT2D eigenvalue weighted by atomic mass is 16.5. The number of nitrogens with zero attached hydrogens (tertiary/aromatic N) is 1. The SMILES string of the molecule is CCOc1cccnc1NC(=O)/C=C/c1ccco1. The summed E-state index contributed by atoms with van der Waals surface area (Å²) in [6.07, 6.45) is 6.10. The number of furan rings is 1. The van der Waals surface area contributed by atoms with Crippen LogP contribution in [0, 0.1) is 0 Å². The summed E-state index contributed by atoms with van der Waals surface area (Å²) in [7, 11) is 0. The van der Waals surface area contributed by atoms with Crippen molar-refractivity contribution >= 4 is 17.8 Å². The van der Waals surface area contributed by atoms with Gasteiger partial charge in [0.05, 0.1) is 12.9 Å². The standard InChI is InChI=1S/C14H14N2O3/c1-2-18-12-6-3-9-15-14(12)16-13(17)8-7-11-5-4-10-19-11/h3-10H,2H2,1H3,(H,15,16,17)/b8-7+. The van der Waals surface area contributed by atoms with Crippen LogP contribution in [0.15, 0.2) is 47.2 Å². The van der Waals surface area contributed by atoms with Crippen molar-refractivity contribution in [2.75, 3.05) is 11.9 Å². The van der Waals surface area contributed by atoms with Crippen LogP contribution in [0.5, 0.6) is 5.75 Å². The van der Waals surface area contributed by atoms with Crippen molar-refractivity contribution < 1.29 is 13.9 Å². The number of anilines is 1. The van der Waals surface area contributed by atoms with Crippen molar-refractivity contribution in [3.8, 4) is 5.75 Å². The highest BCUT2D eigenvalue weighted by Gasteiger charge is 2.06. The predicted molar refractivity (Wildman–Crippen MR) is 71.8 cm³/mol. The van der Waals surface area contributed by atoms with Crippen LogP contribution in [-0.2, 0) is 4.79 Å². The van der Waals surface area contributed by atoms with Gasteiger partial charge in [-0.15, -0.1) is 0 Å². The van der Waals surface area contributed by atoms with E-state index in [0.29, 0.717) is 23.9 Å². The summed E-state index contributed by atoms with van der Waals surface area (Å²) >= 11 is 0. The van der Waals surface area contributed by atoms with E-state index >= 15 is 0 Å². The minimum atomic E-state index is -0.295. The van der Waals surface area contributed by atoms with E-state index in [9.17, 15) is 4.79 Å². The lowest BCUT2D eigenvalue weighted by atomic mass is 10.3. The molecule has 0 atom stereocenters. The van der Waals surface area contributed by atoms with Crippen molar-refractivity contribution in [1.29, 1.82) is 0 Å². The molecule has 98 valence electrons. The predicted octanol–water partition coefficient (Wildman–Crippen LogP) is 2.73. The normalized spacial score (nSPS) is 10.6. The molecule has 5 nitrogen and oxygen atoms in total. The Morgan fingerprint density at radius 1 is 1.47 bits per heavy atom. The van der Waals surface area contributed by atoms with Gasteiger partial charge in [-0.1, -0.05) is 0 Å². The van der Waals surface area contributed by atoms with Gasteiger partial charge in [-0.25, -0.2) is 4.98 Å². The fourth-order valence-electron chi connectivity index (χ4n) is 1.46. The first-order chi connectivity index (χ1) is 9.29. The number of nitrogens with one attached hydrogen (secondary N) is 1. The van der Waals surface area contributed by atoms with E-state index in [1.54, 1.807) is 42.8 Å². The van der Waals surface area contributed by atoms with Gasteiger partial charge in [-0.2, -0.15) is 0 Å². The number of amides is 1. The number of hydrogen-bond donors (Lipinski definition) is 1. The lowest BCUT2D eigenvalue weighted by Gasteiger charge is -2.08. The first-order valence-electron chi connectivity index (χ1n) is 5.90. The molecule has 19 heavy (non-hydrogen) atoms. The lowest BCUT2D eigenvalue weighted by molar-refractivity contribution is -0.111. The molecule has 0 spiro atoms. The molecule has 2 aromatic heterocycles. The molecule has 0 aromatic carbocycles. The van der Waals surface area contributed by atoms with Crippen molar-refractivity contribution in [2.45, 2.75) is 6.92 Å². The highest BCUT2D eigenvalue weighted by molar-refractivity contribution is 6.01. The third-order valence-corrected chi connectivity index (χ3v) is 2.25. The number of rotatable bonds is 5. The zero-order valence-electron chi connectivity index (χ0n) is 10.5. The summed E-state index contributed by atoms with van der Waals surface area (Å²) in [4.78, 5) is 15.8. The van der Waals surface area contributed by atoms with Crippen LogP contribution in [0.4, 0.5) is 5.82 Å². The first-order valence-corrected chi connectivity index (χ1v) is 5.90. The van der Waals surface area contributed by atoms with Crippen LogP contribution in [0.1, 0.15) is 12.7 Å². The number of carbonyl (C=O) groups is 1. The molecular formula is C14H14N2O3. The van der Waals surface area contributed by atoms with Gasteiger partial charge >= 0.3 is 0 Å². The average Bonchev–Trinajstić information content (AvgIpc) is 2.92. The molecule has 0 aliphatic rings. The summed E-state index contributed by atoms with van der Waals surface area (Å²) in [5, 5.41) is 2.65. The Labute approximate surface area is 110 Å². The monoisotopic (exact) mass is 258 g/mol. The summed E-state index contributed by atoms with van der Waals surface area (Å²) in [5.74, 6) is 1.26. The number of ether oxygens (including phenoxy) is 1. The van der Waals surface area contributed by atoms with Gasteiger partial charge < -0.3 is 14.5 Å². The molecule has 2 heterocycles. The maximum atomic E-state index is 11.7. The largest absolute Gasteiger partial charge is 0.490 e. The van der Waals surface area contributed by atoms with Crippen LogP contribution in [0.25, 0.3) is 6.08 Å². The van der Waals surface area contributed by atoms with Crippen molar-refractivity contribution in [1.82, 2.24) is 4.98 Å². The highest BCUT2D eigenvalue weighted by Crippen LogP contribution is 2.20. The van der Waals surface area contributed by atoms with Crippen molar-refractivity contribution in [3.05, 3.63) is 48.6 Å². The molecular weight excluding hydrogens is 244 g/mol. The molecule has 0 saturated carbocycles. The molecule has 0 aliphatic carbocycles. The lowest BCUT2D eigenvalue weighted by Crippen LogP contribution is -2.10. The third-order valence-electron chi connectivity index (χ3n) is 2.25. The Balaban J connectivity index is 2.02. The molecule has 1 N–H and O–H groups in total. The van der Waals surface area contributed by atoms with E-state index in [4.69, 9.17) is 9.15 Å². The second-order valence-corrected chi connectivity index (χ2v) is 3.62. The first kappa shape index (κ1) is 12.9. The summed E-state index contributed by atoms with van der Waals surface area (Å²) < 4.78 is 10.5. The van der Waals surface area contributed by atoms with Gasteiger partial charge in [0, 0.05) is 12.3 Å². The topological polar surface area (TPSA) is 64.4 Å². The minimum Gasteiger partial charge on any atom is -0.490 e. The molecule has 0 unspecified atom stereocenters. The molecule has 0 bridgehead atoms. The summed E-state index contributed by atoms with van der Waals surface area (Å²) in [6, 6.07) is 7.02. The molecule has 2 aromatic rings. The van der Waals surface area contributed by atoms with Crippen molar-refractivity contribution in [3.63, 3.8) is 0 Å². The molecule has 0 aliphatic heterocycles. The van der Waals surface area contributed by atoms with Crippen LogP contribution >= 0.6 is 0 Å². The molecule has 0 radical (unpaired) electrons. The average molecular weight is 258 g/mol. The van der Waals surface area contributed by atoms with E-state index in [2.05, 4.69) is 10.3 Å². The van der Waals surface area contributed by atoms with Crippen LogP contribution in [0.3, 0.4) is 0 Å². The second-order valence-electron chi connectivity index (χ2n) is 3.62. The maximum absolute atomic E-state index is 11.7. The quantitative estimate of drug-likeness (QED) is 0.837. The van der Waals surface area contributed by atoms with Crippen LogP contribution < -0.4 is 10.1 Å². The molecule has 1 amide bonds. The Kier molecular flexibility index (Phi) is 4.34. The number of carbonyl (C=O) groups excluding carboxylic acids is 1. The minimum absolute atomic E-state index is 0.295. The van der Waals surface area contributed by atoms with Gasteiger partial charge in [-0.05, 0) is 37.3 Å². The molecule has 0 saturated heterocycles. The Morgan fingerprint density at radius 3 is 3.11 bits per heavy atom. The zero-order valence-corrected chi connectivity index (χ0v) is 10.5. The number of aromatic nitrogens is 1. The second kappa shape index (κ2) is 6.39. The van der Waals surface area contributed by atoms with Gasteiger partial charge in [0.1, 0.15) is 5.76 Å². The van der Waals surface area contributed by atoms with Crippen LogP contribution in [-0.4, -0.2) is 17.5 Å². The summed E-state index contributed by atoms with van der Waals surface area (Å²) in [5.41, 5.74) is 0. The van der Waals surface area contributed by atoms with Gasteiger partial charge in [0.2, 0.25) is 5.91 Å². The third kappa shape index (κ3) is 3.70. The number of hydrogen-bond acceptors (Lipinski definition) is 4. The zero-order chi connectivity index (χ0) is 13.5. The fourth-order valence-corrected chi connectivity index (χ4v) is 1.46. The van der Waals surface area contributed by atoms with Gasteiger partial charge in [-0.3, -0.25) is 4.79 Å². The summed E-state index contributed by atoms with van der Waals surface area (Å²) in [6.45, 7) is 2.38. The molecule has 5 heteroatoms. The van der Waals surface area contributed by atoms with Crippen molar-refractivity contribution in [2.24, 2.45) is 0 Å². The Morgan fingerprint density at radius 2 is 2.37 bits per heavy atom. The smallest absolute Gasteiger partial charge is 0.249 e. The van der Waals surface area contributed by atoms with E-state index in [1.807, 2.05) is 6.92 Å². The van der Waals surface area contributed by atoms with E-state index in [-0.39, 0.29) is 5.91 Å². The Hall–Kier alpha value is -2.56. The van der Waals surface area contributed by atoms with E-state index in [0.717, 1.165) is 0 Å². The van der Waals surface area contributed by atoms with Gasteiger partial charge in [0.15, 0.2) is 11.6 Å². The van der Waals surface area contributed by atoms with Crippen LogP contribution in [0.2, 0.25) is 0 Å². The fraction of sp³-hybridized carbons (Fsp3) is 0.143. The molecule has 0 fully saturated rings. The van der Waals surface area contributed by atoms with E-state index in [1.165, 1.54) is 6.08 Å². The van der Waals surface area contributed by atoms with E-state index < -0.39 is 0 Å². The maximum Gasteiger partial charge on any atom is 0.249 e. The molecule has 2 rings (SSSR count). The number of pyridine rings is 1. The van der Waals surface area contributed by atoms with Gasteiger partial charge in [0.25, 0.3) is 0 Å². The Bertz CT molecular complexity index is 562.